The number of carbonyl (C=O) groups is 2. The average molecular weight is 284 g/mol. The van der Waals surface area contributed by atoms with E-state index >= 15 is 0 Å². The van der Waals surface area contributed by atoms with E-state index < -0.39 is 11.9 Å². The van der Waals surface area contributed by atoms with Crippen LogP contribution in [0.15, 0.2) is 36.9 Å². The second-order valence-electron chi connectivity index (χ2n) is 4.67. The number of fused-ring (bicyclic) bond motifs is 1. The van der Waals surface area contributed by atoms with Crippen molar-refractivity contribution in [1.29, 1.82) is 0 Å². The zero-order valence-electron chi connectivity index (χ0n) is 12.2. The van der Waals surface area contributed by atoms with E-state index in [4.69, 9.17) is 9.47 Å². The van der Waals surface area contributed by atoms with E-state index in [1.165, 1.54) is 6.92 Å². The largest absolute Gasteiger partial charge is 0.426 e. The first-order valence-corrected chi connectivity index (χ1v) is 6.50. The average Bonchev–Trinajstić information content (AvgIpc) is 2.47. The zero-order chi connectivity index (χ0) is 15.6. The summed E-state index contributed by atoms with van der Waals surface area (Å²) in [5, 5.41) is 1.44. The molecule has 2 aromatic rings. The van der Waals surface area contributed by atoms with E-state index in [0.717, 1.165) is 22.6 Å². The van der Waals surface area contributed by atoms with Crippen molar-refractivity contribution in [2.45, 2.75) is 20.8 Å². The van der Waals surface area contributed by atoms with E-state index in [2.05, 4.69) is 6.58 Å². The summed E-state index contributed by atoms with van der Waals surface area (Å²) in [5.41, 5.74) is 1.51. The molecule has 108 valence electrons. The fourth-order valence-electron chi connectivity index (χ4n) is 2.17. The van der Waals surface area contributed by atoms with E-state index in [0.29, 0.717) is 16.9 Å². The molecule has 2 rings (SSSR count). The van der Waals surface area contributed by atoms with Gasteiger partial charge in [0.25, 0.3) is 0 Å². The summed E-state index contributed by atoms with van der Waals surface area (Å²) in [5.74, 6) is 0.0410. The van der Waals surface area contributed by atoms with Gasteiger partial charge in [-0.05, 0) is 25.0 Å². The third-order valence-electron chi connectivity index (χ3n) is 3.28. The Labute approximate surface area is 123 Å². The molecule has 0 saturated heterocycles. The van der Waals surface area contributed by atoms with Crippen LogP contribution in [0.1, 0.15) is 18.1 Å². The van der Waals surface area contributed by atoms with Gasteiger partial charge in [-0.1, -0.05) is 30.8 Å². The molecule has 4 nitrogen and oxygen atoms in total. The minimum atomic E-state index is -0.525. The minimum absolute atomic E-state index is 0.390. The summed E-state index contributed by atoms with van der Waals surface area (Å²) in [6, 6.07) is 7.31. The van der Waals surface area contributed by atoms with Gasteiger partial charge in [0.2, 0.25) is 0 Å². The maximum Gasteiger partial charge on any atom is 0.335 e. The van der Waals surface area contributed by atoms with E-state index in [1.807, 2.05) is 38.1 Å². The topological polar surface area (TPSA) is 52.6 Å². The number of hydrogen-bond donors (Lipinski definition) is 0. The number of carbonyl (C=O) groups excluding carboxylic acids is 2. The first kappa shape index (κ1) is 14.8. The van der Waals surface area contributed by atoms with Crippen LogP contribution in [0.25, 0.3) is 10.8 Å². The third-order valence-corrected chi connectivity index (χ3v) is 3.28. The Bertz CT molecular complexity index is 744. The Kier molecular flexibility index (Phi) is 4.08. The monoisotopic (exact) mass is 284 g/mol. The van der Waals surface area contributed by atoms with Gasteiger partial charge < -0.3 is 9.47 Å². The van der Waals surface area contributed by atoms with Gasteiger partial charge >= 0.3 is 11.9 Å². The number of rotatable bonds is 3. The van der Waals surface area contributed by atoms with Crippen molar-refractivity contribution in [3.63, 3.8) is 0 Å². The predicted molar refractivity (Wildman–Crippen MR) is 80.6 cm³/mol. The number of hydrogen-bond acceptors (Lipinski definition) is 4. The molecule has 0 radical (unpaired) electrons. The zero-order valence-corrected chi connectivity index (χ0v) is 12.2. The van der Waals surface area contributed by atoms with Gasteiger partial charge in [-0.2, -0.15) is 0 Å². The molecule has 2 aromatic carbocycles. The lowest BCUT2D eigenvalue weighted by Crippen LogP contribution is -2.08. The highest BCUT2D eigenvalue weighted by Gasteiger charge is 2.18. The van der Waals surface area contributed by atoms with Crippen molar-refractivity contribution in [3.05, 3.63) is 48.0 Å². The normalized spacial score (nSPS) is 10.2. The van der Waals surface area contributed by atoms with E-state index in [1.54, 1.807) is 0 Å². The smallest absolute Gasteiger partial charge is 0.335 e. The number of esters is 2. The molecule has 0 aliphatic heterocycles. The number of ether oxygens (including phenoxy) is 2. The van der Waals surface area contributed by atoms with Gasteiger partial charge in [-0.3, -0.25) is 4.79 Å². The Morgan fingerprint density at radius 2 is 1.48 bits per heavy atom. The van der Waals surface area contributed by atoms with E-state index in [9.17, 15) is 9.59 Å². The van der Waals surface area contributed by atoms with Crippen molar-refractivity contribution in [2.75, 3.05) is 0 Å². The molecule has 4 heteroatoms. The maximum absolute atomic E-state index is 11.5. The highest BCUT2D eigenvalue weighted by molar-refractivity contribution is 5.99. The molecule has 0 aliphatic rings. The molecule has 0 fully saturated rings. The van der Waals surface area contributed by atoms with Crippen LogP contribution >= 0.6 is 0 Å². The SMILES string of the molecule is C=CC(=O)Oc1c(C)c(C)c(OC(C)=O)c2ccccc12. The Hall–Kier alpha value is -2.62. The van der Waals surface area contributed by atoms with Crippen LogP contribution in [0.4, 0.5) is 0 Å². The molecule has 0 aromatic heterocycles. The van der Waals surface area contributed by atoms with E-state index in [-0.39, 0.29) is 0 Å². The van der Waals surface area contributed by atoms with Crippen molar-refractivity contribution in [1.82, 2.24) is 0 Å². The van der Waals surface area contributed by atoms with Crippen LogP contribution in [-0.4, -0.2) is 11.9 Å². The van der Waals surface area contributed by atoms with Gasteiger partial charge in [0.05, 0.1) is 0 Å². The Balaban J connectivity index is 2.77. The molecule has 0 saturated carbocycles. The molecule has 0 atom stereocenters. The Morgan fingerprint density at radius 1 is 1.00 bits per heavy atom. The molecule has 21 heavy (non-hydrogen) atoms. The maximum atomic E-state index is 11.5. The van der Waals surface area contributed by atoms with Crippen molar-refractivity contribution in [3.8, 4) is 11.5 Å². The highest BCUT2D eigenvalue weighted by atomic mass is 16.5. The summed E-state index contributed by atoms with van der Waals surface area (Å²) >= 11 is 0. The molecular formula is C17H16O4. The second kappa shape index (κ2) is 5.79. The molecule has 0 amide bonds. The van der Waals surface area contributed by atoms with Gasteiger partial charge in [0.1, 0.15) is 11.5 Å². The van der Waals surface area contributed by atoms with Crippen LogP contribution in [0.3, 0.4) is 0 Å². The van der Waals surface area contributed by atoms with Crippen molar-refractivity contribution >= 4 is 22.7 Å². The summed E-state index contributed by atoms with van der Waals surface area (Å²) in [6.45, 7) is 8.40. The quantitative estimate of drug-likeness (QED) is 0.492. The summed E-state index contributed by atoms with van der Waals surface area (Å²) in [6.07, 6.45) is 1.11. The van der Waals surface area contributed by atoms with Crippen molar-refractivity contribution < 1.29 is 19.1 Å². The molecule has 0 aliphatic carbocycles. The molecule has 0 spiro atoms. The van der Waals surface area contributed by atoms with Crippen LogP contribution in [0.2, 0.25) is 0 Å². The first-order valence-electron chi connectivity index (χ1n) is 6.50. The van der Waals surface area contributed by atoms with Crippen LogP contribution in [-0.2, 0) is 9.59 Å². The predicted octanol–water partition coefficient (Wildman–Crippen LogP) is 3.47. The molecular weight excluding hydrogens is 268 g/mol. The fraction of sp³-hybridized carbons (Fsp3) is 0.176. The Morgan fingerprint density at radius 3 is 1.90 bits per heavy atom. The van der Waals surface area contributed by atoms with Crippen molar-refractivity contribution in [2.24, 2.45) is 0 Å². The first-order chi connectivity index (χ1) is 9.95. The second-order valence-corrected chi connectivity index (χ2v) is 4.67. The lowest BCUT2D eigenvalue weighted by Gasteiger charge is -2.16. The van der Waals surface area contributed by atoms with Crippen LogP contribution in [0.5, 0.6) is 11.5 Å². The highest BCUT2D eigenvalue weighted by Crippen LogP contribution is 2.40. The fourth-order valence-corrected chi connectivity index (χ4v) is 2.17. The molecule has 0 N–H and O–H groups in total. The minimum Gasteiger partial charge on any atom is -0.426 e. The molecule has 0 bridgehead atoms. The molecule has 0 heterocycles. The molecule has 0 unspecified atom stereocenters. The van der Waals surface area contributed by atoms with Gasteiger partial charge in [-0.25, -0.2) is 4.79 Å². The third kappa shape index (κ3) is 2.79. The van der Waals surface area contributed by atoms with Gasteiger partial charge in [0, 0.05) is 23.8 Å². The van der Waals surface area contributed by atoms with Gasteiger partial charge in [0.15, 0.2) is 0 Å². The number of benzene rings is 2. The summed E-state index contributed by atoms with van der Waals surface area (Å²) in [4.78, 5) is 22.8. The van der Waals surface area contributed by atoms with Crippen LogP contribution in [0, 0.1) is 13.8 Å². The standard InChI is InChI=1S/C17H16O4/c1-5-15(19)21-17-11(3)10(2)16(20-12(4)18)13-8-6-7-9-14(13)17/h5-9H,1H2,2-4H3. The summed E-state index contributed by atoms with van der Waals surface area (Å²) < 4.78 is 10.7. The van der Waals surface area contributed by atoms with Crippen LogP contribution < -0.4 is 9.47 Å². The lowest BCUT2D eigenvalue weighted by molar-refractivity contribution is -0.132. The summed E-state index contributed by atoms with van der Waals surface area (Å²) in [7, 11) is 0. The van der Waals surface area contributed by atoms with Gasteiger partial charge in [-0.15, -0.1) is 0 Å². The lowest BCUT2D eigenvalue weighted by atomic mass is 9.99.